The first-order chi connectivity index (χ1) is 7.11. The van der Waals surface area contributed by atoms with Crippen LogP contribution in [0.3, 0.4) is 0 Å². The van der Waals surface area contributed by atoms with Gasteiger partial charge in [0.15, 0.2) is 0 Å². The predicted octanol–water partition coefficient (Wildman–Crippen LogP) is 2.12. The largest absolute Gasteiger partial charge is 0.402 e. The molecule has 0 atom stereocenters. The van der Waals surface area contributed by atoms with Gasteiger partial charge in [0.2, 0.25) is 0 Å². The molecule has 3 heteroatoms. The van der Waals surface area contributed by atoms with Crippen LogP contribution in [0.25, 0.3) is 0 Å². The van der Waals surface area contributed by atoms with Gasteiger partial charge in [0, 0.05) is 30.7 Å². The second-order valence-corrected chi connectivity index (χ2v) is 3.17. The van der Waals surface area contributed by atoms with Crippen LogP contribution in [0.4, 0.5) is 0 Å². The molecule has 2 N–H and O–H groups in total. The third-order valence-electron chi connectivity index (χ3n) is 1.76. The van der Waals surface area contributed by atoms with Crippen LogP contribution < -0.4 is 5.73 Å². The van der Waals surface area contributed by atoms with E-state index in [1.54, 1.807) is 25.6 Å². The SMILES string of the molecule is C=C/C(C)=C\C(C=NCC=NC)=C(C)N. The molecule has 0 spiro atoms. The third kappa shape index (κ3) is 6.43. The first-order valence-corrected chi connectivity index (χ1v) is 4.79. The average molecular weight is 205 g/mol. The molecule has 0 fully saturated rings. The number of rotatable bonds is 5. The third-order valence-corrected chi connectivity index (χ3v) is 1.76. The number of aliphatic imine (C=N–C) groups is 2. The Morgan fingerprint density at radius 1 is 1.40 bits per heavy atom. The summed E-state index contributed by atoms with van der Waals surface area (Å²) >= 11 is 0. The van der Waals surface area contributed by atoms with Gasteiger partial charge in [-0.3, -0.25) is 9.98 Å². The number of nitrogens with two attached hydrogens (primary N) is 1. The van der Waals surface area contributed by atoms with Crippen molar-refractivity contribution in [2.75, 3.05) is 13.6 Å². The molecule has 15 heavy (non-hydrogen) atoms. The quantitative estimate of drug-likeness (QED) is 0.542. The van der Waals surface area contributed by atoms with Gasteiger partial charge in [0.05, 0.1) is 6.54 Å². The zero-order chi connectivity index (χ0) is 11.7. The summed E-state index contributed by atoms with van der Waals surface area (Å²) in [4.78, 5) is 8.02. The highest BCUT2D eigenvalue weighted by molar-refractivity contribution is 5.84. The van der Waals surface area contributed by atoms with Gasteiger partial charge in [-0.05, 0) is 19.9 Å². The minimum atomic E-state index is 0.578. The average Bonchev–Trinajstić information content (AvgIpc) is 2.21. The van der Waals surface area contributed by atoms with Gasteiger partial charge in [-0.1, -0.05) is 18.2 Å². The summed E-state index contributed by atoms with van der Waals surface area (Å²) in [6.45, 7) is 8.08. The fourth-order valence-electron chi connectivity index (χ4n) is 0.837. The maximum absolute atomic E-state index is 5.73. The van der Waals surface area contributed by atoms with Crippen LogP contribution in [0.15, 0.2) is 45.6 Å². The van der Waals surface area contributed by atoms with E-state index < -0.39 is 0 Å². The van der Waals surface area contributed by atoms with Crippen LogP contribution in [0.1, 0.15) is 13.8 Å². The van der Waals surface area contributed by atoms with Crippen molar-refractivity contribution in [3.05, 3.63) is 35.6 Å². The van der Waals surface area contributed by atoms with Crippen molar-refractivity contribution in [3.8, 4) is 0 Å². The summed E-state index contributed by atoms with van der Waals surface area (Å²) < 4.78 is 0. The maximum Gasteiger partial charge on any atom is 0.0737 e. The van der Waals surface area contributed by atoms with Crippen molar-refractivity contribution in [2.24, 2.45) is 15.7 Å². The molecule has 0 unspecified atom stereocenters. The van der Waals surface area contributed by atoms with E-state index in [0.717, 1.165) is 16.8 Å². The van der Waals surface area contributed by atoms with Crippen LogP contribution in [0.2, 0.25) is 0 Å². The Bertz CT molecular complexity index is 316. The number of hydrogen-bond donors (Lipinski definition) is 1. The van der Waals surface area contributed by atoms with E-state index in [9.17, 15) is 0 Å². The monoisotopic (exact) mass is 205 g/mol. The van der Waals surface area contributed by atoms with Crippen LogP contribution in [0, 0.1) is 0 Å². The van der Waals surface area contributed by atoms with Gasteiger partial charge in [0.1, 0.15) is 0 Å². The fraction of sp³-hybridized carbons (Fsp3) is 0.333. The molecule has 0 aromatic rings. The lowest BCUT2D eigenvalue weighted by Gasteiger charge is -1.98. The Balaban J connectivity index is 4.66. The molecular weight excluding hydrogens is 186 g/mol. The van der Waals surface area contributed by atoms with Crippen molar-refractivity contribution < 1.29 is 0 Å². The van der Waals surface area contributed by atoms with E-state index >= 15 is 0 Å². The van der Waals surface area contributed by atoms with E-state index in [-0.39, 0.29) is 0 Å². The van der Waals surface area contributed by atoms with Crippen molar-refractivity contribution >= 4 is 12.4 Å². The Morgan fingerprint density at radius 2 is 2.07 bits per heavy atom. The summed E-state index contributed by atoms with van der Waals surface area (Å²) in [7, 11) is 1.72. The molecule has 0 aromatic heterocycles. The summed E-state index contributed by atoms with van der Waals surface area (Å²) in [6.07, 6.45) is 7.23. The maximum atomic E-state index is 5.73. The summed E-state index contributed by atoms with van der Waals surface area (Å²) in [5.41, 5.74) is 8.45. The molecule has 0 aromatic carbocycles. The lowest BCUT2D eigenvalue weighted by Crippen LogP contribution is -1.98. The molecule has 0 saturated carbocycles. The summed E-state index contributed by atoms with van der Waals surface area (Å²) in [6, 6.07) is 0. The highest BCUT2D eigenvalue weighted by Gasteiger charge is 1.92. The molecule has 82 valence electrons. The smallest absolute Gasteiger partial charge is 0.0737 e. The molecule has 0 heterocycles. The second kappa shape index (κ2) is 7.74. The van der Waals surface area contributed by atoms with E-state index in [2.05, 4.69) is 16.6 Å². The van der Waals surface area contributed by atoms with Gasteiger partial charge in [-0.2, -0.15) is 0 Å². The molecule has 0 radical (unpaired) electrons. The van der Waals surface area contributed by atoms with Crippen molar-refractivity contribution in [2.45, 2.75) is 13.8 Å². The molecule has 0 rings (SSSR count). The second-order valence-electron chi connectivity index (χ2n) is 3.17. The molecule has 0 saturated heterocycles. The molecule has 0 amide bonds. The minimum absolute atomic E-state index is 0.578. The van der Waals surface area contributed by atoms with Crippen LogP contribution in [0.5, 0.6) is 0 Å². The minimum Gasteiger partial charge on any atom is -0.402 e. The van der Waals surface area contributed by atoms with Gasteiger partial charge >= 0.3 is 0 Å². The fourth-order valence-corrected chi connectivity index (χ4v) is 0.837. The number of nitrogens with zero attached hydrogens (tertiary/aromatic N) is 2. The lowest BCUT2D eigenvalue weighted by molar-refractivity contribution is 1.27. The van der Waals surface area contributed by atoms with Gasteiger partial charge in [-0.25, -0.2) is 0 Å². The molecule has 0 aliphatic rings. The van der Waals surface area contributed by atoms with Crippen LogP contribution in [-0.4, -0.2) is 26.0 Å². The highest BCUT2D eigenvalue weighted by atomic mass is 14.7. The normalized spacial score (nSPS) is 14.7. The van der Waals surface area contributed by atoms with E-state index in [1.165, 1.54) is 0 Å². The Hall–Kier alpha value is -1.64. The van der Waals surface area contributed by atoms with Gasteiger partial charge in [0.25, 0.3) is 0 Å². The first kappa shape index (κ1) is 13.4. The highest BCUT2D eigenvalue weighted by Crippen LogP contribution is 2.03. The van der Waals surface area contributed by atoms with Crippen LogP contribution >= 0.6 is 0 Å². The number of hydrogen-bond acceptors (Lipinski definition) is 3. The lowest BCUT2D eigenvalue weighted by atomic mass is 10.1. The summed E-state index contributed by atoms with van der Waals surface area (Å²) in [5.74, 6) is 0. The topological polar surface area (TPSA) is 50.7 Å². The Labute approximate surface area is 91.8 Å². The zero-order valence-corrected chi connectivity index (χ0v) is 9.70. The molecule has 0 aliphatic carbocycles. The van der Waals surface area contributed by atoms with E-state index in [4.69, 9.17) is 5.73 Å². The van der Waals surface area contributed by atoms with E-state index in [0.29, 0.717) is 6.54 Å². The molecular formula is C12H19N3. The molecule has 0 bridgehead atoms. The predicted molar refractivity (Wildman–Crippen MR) is 68.6 cm³/mol. The summed E-state index contributed by atoms with van der Waals surface area (Å²) in [5, 5.41) is 0. The Morgan fingerprint density at radius 3 is 2.53 bits per heavy atom. The zero-order valence-electron chi connectivity index (χ0n) is 9.70. The van der Waals surface area contributed by atoms with Gasteiger partial charge < -0.3 is 5.73 Å². The molecule has 0 aliphatic heterocycles. The molecule has 3 nitrogen and oxygen atoms in total. The van der Waals surface area contributed by atoms with Crippen molar-refractivity contribution in [1.29, 1.82) is 0 Å². The van der Waals surface area contributed by atoms with Crippen LogP contribution in [-0.2, 0) is 0 Å². The van der Waals surface area contributed by atoms with Crippen molar-refractivity contribution in [1.82, 2.24) is 0 Å². The first-order valence-electron chi connectivity index (χ1n) is 4.79. The van der Waals surface area contributed by atoms with E-state index in [1.807, 2.05) is 19.9 Å². The van der Waals surface area contributed by atoms with Crippen molar-refractivity contribution in [3.63, 3.8) is 0 Å². The Kier molecular flexibility index (Phi) is 6.89. The number of allylic oxidation sites excluding steroid dienone is 5. The van der Waals surface area contributed by atoms with Gasteiger partial charge in [-0.15, -0.1) is 0 Å². The standard InChI is InChI=1S/C12H19N3/c1-5-10(2)8-12(11(3)13)9-15-7-6-14-4/h5-6,8-9H,1,7,13H2,2-4H3/b10-8-,12-11?,14-6?,15-9?.